The minimum absolute atomic E-state index is 0.00488. The van der Waals surface area contributed by atoms with E-state index in [1.807, 2.05) is 0 Å². The van der Waals surface area contributed by atoms with Crippen LogP contribution in [0.5, 0.6) is 0 Å². The summed E-state index contributed by atoms with van der Waals surface area (Å²) in [5.41, 5.74) is 0. The van der Waals surface area contributed by atoms with Gasteiger partial charge in [-0.05, 0) is 19.3 Å². The maximum atomic E-state index is 11.3. The van der Waals surface area contributed by atoms with Crippen LogP contribution in [0.2, 0.25) is 0 Å². The smallest absolute Gasteiger partial charge is 0.246 e. The summed E-state index contributed by atoms with van der Waals surface area (Å²) < 4.78 is 15.5. The van der Waals surface area contributed by atoms with Gasteiger partial charge in [0.15, 0.2) is 5.78 Å². The highest BCUT2D eigenvalue weighted by atomic mass is 16.5. The summed E-state index contributed by atoms with van der Waals surface area (Å²) in [6.45, 7) is 8.17. The Morgan fingerprint density at radius 3 is 2.25 bits per heavy atom. The number of carbonyl (C=O) groups excluding carboxylic acids is 2. The molecule has 0 aromatic rings. The molecule has 0 saturated carbocycles. The highest BCUT2D eigenvalue weighted by Crippen LogP contribution is 1.98. The first-order valence-electron chi connectivity index (χ1n) is 7.01. The van der Waals surface area contributed by atoms with Gasteiger partial charge < -0.3 is 19.5 Å². The standard InChI is InChI=1S/C14H27NO5/c1-12(2)4-6-19-11-14(17)15-5-7-18-8-9-20-10-13(3)16/h12H,4-11H2,1-3H3,(H,15,17). The molecule has 0 aliphatic heterocycles. The fourth-order valence-electron chi connectivity index (χ4n) is 1.23. The number of hydrogen-bond donors (Lipinski definition) is 1. The molecule has 0 atom stereocenters. The van der Waals surface area contributed by atoms with Gasteiger partial charge in [-0.25, -0.2) is 0 Å². The van der Waals surface area contributed by atoms with Crippen molar-refractivity contribution in [3.05, 3.63) is 0 Å². The Morgan fingerprint density at radius 2 is 1.60 bits per heavy atom. The van der Waals surface area contributed by atoms with Gasteiger partial charge in [0, 0.05) is 13.2 Å². The van der Waals surface area contributed by atoms with Crippen molar-refractivity contribution in [3.63, 3.8) is 0 Å². The first kappa shape index (κ1) is 19.0. The van der Waals surface area contributed by atoms with Crippen LogP contribution in [0.15, 0.2) is 0 Å². The van der Waals surface area contributed by atoms with E-state index in [1.165, 1.54) is 6.92 Å². The van der Waals surface area contributed by atoms with E-state index in [0.29, 0.717) is 38.9 Å². The molecule has 0 aliphatic rings. The Labute approximate surface area is 121 Å². The number of rotatable bonds is 13. The lowest BCUT2D eigenvalue weighted by molar-refractivity contribution is -0.126. The molecule has 1 amide bonds. The third kappa shape index (κ3) is 15.1. The van der Waals surface area contributed by atoms with Gasteiger partial charge in [0.25, 0.3) is 0 Å². The van der Waals surface area contributed by atoms with Crippen molar-refractivity contribution in [1.82, 2.24) is 5.32 Å². The summed E-state index contributed by atoms with van der Waals surface area (Å²) >= 11 is 0. The van der Waals surface area contributed by atoms with Crippen LogP contribution in [0.1, 0.15) is 27.2 Å². The monoisotopic (exact) mass is 289 g/mol. The molecule has 118 valence electrons. The van der Waals surface area contributed by atoms with Gasteiger partial charge in [0.2, 0.25) is 5.91 Å². The van der Waals surface area contributed by atoms with Gasteiger partial charge in [-0.15, -0.1) is 0 Å². The second-order valence-electron chi connectivity index (χ2n) is 4.95. The molecule has 0 heterocycles. The van der Waals surface area contributed by atoms with Gasteiger partial charge in [-0.1, -0.05) is 13.8 Å². The first-order valence-corrected chi connectivity index (χ1v) is 7.01. The van der Waals surface area contributed by atoms with E-state index in [2.05, 4.69) is 19.2 Å². The number of ketones is 1. The zero-order valence-electron chi connectivity index (χ0n) is 12.8. The van der Waals surface area contributed by atoms with Crippen LogP contribution in [0.3, 0.4) is 0 Å². The van der Waals surface area contributed by atoms with Crippen LogP contribution >= 0.6 is 0 Å². The van der Waals surface area contributed by atoms with Crippen molar-refractivity contribution >= 4 is 11.7 Å². The normalized spacial score (nSPS) is 10.8. The summed E-state index contributed by atoms with van der Waals surface area (Å²) in [6.07, 6.45) is 0.955. The number of carbonyl (C=O) groups is 2. The number of hydrogen-bond acceptors (Lipinski definition) is 5. The lowest BCUT2D eigenvalue weighted by Gasteiger charge is -2.08. The van der Waals surface area contributed by atoms with Crippen molar-refractivity contribution in [2.24, 2.45) is 5.92 Å². The number of amides is 1. The summed E-state index contributed by atoms with van der Waals surface area (Å²) in [5, 5.41) is 2.70. The Bertz CT molecular complexity index is 268. The lowest BCUT2D eigenvalue weighted by atomic mass is 10.1. The van der Waals surface area contributed by atoms with Crippen LogP contribution < -0.4 is 5.32 Å². The second-order valence-corrected chi connectivity index (χ2v) is 4.95. The summed E-state index contributed by atoms with van der Waals surface area (Å²) in [7, 11) is 0. The molecular formula is C14H27NO5. The molecule has 0 aliphatic carbocycles. The van der Waals surface area contributed by atoms with E-state index in [1.54, 1.807) is 0 Å². The maximum absolute atomic E-state index is 11.3. The molecule has 1 N–H and O–H groups in total. The molecule has 0 spiro atoms. The van der Waals surface area contributed by atoms with Gasteiger partial charge in [0.1, 0.15) is 13.2 Å². The molecule has 0 radical (unpaired) electrons. The zero-order chi connectivity index (χ0) is 15.2. The van der Waals surface area contributed by atoms with Gasteiger partial charge >= 0.3 is 0 Å². The number of ether oxygens (including phenoxy) is 3. The fourth-order valence-corrected chi connectivity index (χ4v) is 1.23. The zero-order valence-corrected chi connectivity index (χ0v) is 12.8. The van der Waals surface area contributed by atoms with Gasteiger partial charge in [-0.3, -0.25) is 9.59 Å². The molecule has 0 aromatic heterocycles. The Kier molecular flexibility index (Phi) is 12.4. The Balaban J connectivity index is 3.21. The maximum Gasteiger partial charge on any atom is 0.246 e. The van der Waals surface area contributed by atoms with Crippen LogP contribution in [0.4, 0.5) is 0 Å². The highest BCUT2D eigenvalue weighted by molar-refractivity contribution is 5.77. The van der Waals surface area contributed by atoms with E-state index in [9.17, 15) is 9.59 Å². The molecule has 0 saturated heterocycles. The second kappa shape index (κ2) is 13.0. The third-order valence-corrected chi connectivity index (χ3v) is 2.32. The van der Waals surface area contributed by atoms with E-state index >= 15 is 0 Å². The van der Waals surface area contributed by atoms with Crippen molar-refractivity contribution < 1.29 is 23.8 Å². The average Bonchev–Trinajstić information content (AvgIpc) is 2.37. The van der Waals surface area contributed by atoms with Crippen molar-refractivity contribution in [1.29, 1.82) is 0 Å². The molecule has 20 heavy (non-hydrogen) atoms. The molecule has 0 rings (SSSR count). The molecule has 0 aromatic carbocycles. The predicted octanol–water partition coefficient (Wildman–Crippen LogP) is 0.788. The molecular weight excluding hydrogens is 262 g/mol. The summed E-state index contributed by atoms with van der Waals surface area (Å²) in [5.74, 6) is 0.441. The number of nitrogens with one attached hydrogen (secondary N) is 1. The van der Waals surface area contributed by atoms with E-state index in [4.69, 9.17) is 14.2 Å². The van der Waals surface area contributed by atoms with Crippen LogP contribution in [-0.2, 0) is 23.8 Å². The largest absolute Gasteiger partial charge is 0.377 e. The minimum atomic E-state index is -0.134. The van der Waals surface area contributed by atoms with Crippen LogP contribution in [-0.4, -0.2) is 57.9 Å². The molecule has 6 nitrogen and oxygen atoms in total. The van der Waals surface area contributed by atoms with Crippen molar-refractivity contribution in [2.75, 3.05) is 46.2 Å². The summed E-state index contributed by atoms with van der Waals surface area (Å²) in [6, 6.07) is 0. The molecule has 0 unspecified atom stereocenters. The average molecular weight is 289 g/mol. The SMILES string of the molecule is CC(=O)COCCOCCNC(=O)COCCC(C)C. The van der Waals surface area contributed by atoms with Gasteiger partial charge in [0.05, 0.1) is 19.8 Å². The van der Waals surface area contributed by atoms with Crippen molar-refractivity contribution in [2.45, 2.75) is 27.2 Å². The van der Waals surface area contributed by atoms with E-state index in [-0.39, 0.29) is 24.9 Å². The van der Waals surface area contributed by atoms with E-state index in [0.717, 1.165) is 6.42 Å². The first-order chi connectivity index (χ1) is 9.52. The van der Waals surface area contributed by atoms with Crippen LogP contribution in [0.25, 0.3) is 0 Å². The van der Waals surface area contributed by atoms with Gasteiger partial charge in [-0.2, -0.15) is 0 Å². The topological polar surface area (TPSA) is 73.9 Å². The Morgan fingerprint density at radius 1 is 0.950 bits per heavy atom. The van der Waals surface area contributed by atoms with E-state index < -0.39 is 0 Å². The Hall–Kier alpha value is -0.980. The predicted molar refractivity (Wildman–Crippen MR) is 75.6 cm³/mol. The molecule has 6 heteroatoms. The third-order valence-electron chi connectivity index (χ3n) is 2.32. The van der Waals surface area contributed by atoms with Crippen LogP contribution in [0, 0.1) is 5.92 Å². The quantitative estimate of drug-likeness (QED) is 0.507. The van der Waals surface area contributed by atoms with Crippen molar-refractivity contribution in [3.8, 4) is 0 Å². The minimum Gasteiger partial charge on any atom is -0.377 e. The fraction of sp³-hybridized carbons (Fsp3) is 0.857. The molecule has 0 fully saturated rings. The number of Topliss-reactive ketones (excluding diaryl/α,β-unsaturated/α-hetero) is 1. The lowest BCUT2D eigenvalue weighted by Crippen LogP contribution is -2.31. The molecule has 0 bridgehead atoms. The summed E-state index contributed by atoms with van der Waals surface area (Å²) in [4.78, 5) is 21.9. The highest BCUT2D eigenvalue weighted by Gasteiger charge is 2.01.